The summed E-state index contributed by atoms with van der Waals surface area (Å²) in [5.41, 5.74) is 13.2. The van der Waals surface area contributed by atoms with Gasteiger partial charge in [-0.3, -0.25) is 19.2 Å². The number of rotatable bonds is 16. The van der Waals surface area contributed by atoms with Gasteiger partial charge in [0.2, 0.25) is 17.7 Å². The van der Waals surface area contributed by atoms with Crippen molar-refractivity contribution < 1.29 is 34.2 Å². The second kappa shape index (κ2) is 15.0. The summed E-state index contributed by atoms with van der Waals surface area (Å²) in [6.07, 6.45) is 2.17. The number of carboxylic acid groups (broad SMARTS) is 2. The molecule has 10 N–H and O–H groups in total. The summed E-state index contributed by atoms with van der Waals surface area (Å²) in [6, 6.07) is 2.38. The maximum Gasteiger partial charge on any atom is 0.326 e. The third-order valence-corrected chi connectivity index (χ3v) is 6.21. The first kappa shape index (κ1) is 30.6. The molecule has 0 aliphatic carbocycles. The fourth-order valence-corrected chi connectivity index (χ4v) is 4.04. The average Bonchev–Trinajstić information content (AvgIpc) is 3.28. The van der Waals surface area contributed by atoms with Crippen LogP contribution in [0.15, 0.2) is 30.5 Å². The molecule has 0 radical (unpaired) electrons. The van der Waals surface area contributed by atoms with Crippen molar-refractivity contribution in [3.8, 4) is 0 Å². The van der Waals surface area contributed by atoms with E-state index in [9.17, 15) is 34.2 Å². The minimum absolute atomic E-state index is 0.0790. The molecule has 0 saturated heterocycles. The van der Waals surface area contributed by atoms with Crippen LogP contribution in [-0.2, 0) is 30.4 Å². The number of amides is 3. The number of para-hydroxylation sites is 1. The minimum atomic E-state index is -1.59. The van der Waals surface area contributed by atoms with E-state index in [4.69, 9.17) is 11.5 Å². The Kier molecular flexibility index (Phi) is 12.0. The van der Waals surface area contributed by atoms with Crippen LogP contribution in [0.4, 0.5) is 0 Å². The summed E-state index contributed by atoms with van der Waals surface area (Å²) in [5.74, 6) is -5.37. The van der Waals surface area contributed by atoms with E-state index in [0.717, 1.165) is 16.5 Å². The lowest BCUT2D eigenvalue weighted by Gasteiger charge is -2.24. The van der Waals surface area contributed by atoms with Crippen molar-refractivity contribution in [3.63, 3.8) is 0 Å². The van der Waals surface area contributed by atoms with Gasteiger partial charge < -0.3 is 42.6 Å². The van der Waals surface area contributed by atoms with Gasteiger partial charge in [0.05, 0.1) is 12.5 Å². The highest BCUT2D eigenvalue weighted by Crippen LogP contribution is 2.18. The molecule has 38 heavy (non-hydrogen) atoms. The molecule has 0 saturated carbocycles. The van der Waals surface area contributed by atoms with Crippen LogP contribution in [0.2, 0.25) is 0 Å². The molecular formula is C24H34N6O7S. The van der Waals surface area contributed by atoms with Crippen molar-refractivity contribution in [2.45, 2.75) is 56.3 Å². The lowest BCUT2D eigenvalue weighted by molar-refractivity contribution is -0.143. The summed E-state index contributed by atoms with van der Waals surface area (Å²) < 4.78 is 0. The van der Waals surface area contributed by atoms with Crippen LogP contribution in [0.5, 0.6) is 0 Å². The van der Waals surface area contributed by atoms with Crippen LogP contribution in [0.3, 0.4) is 0 Å². The van der Waals surface area contributed by atoms with Gasteiger partial charge in [-0.25, -0.2) is 4.79 Å². The molecule has 2 rings (SSSR count). The number of unbranched alkanes of at least 4 members (excludes halogenated alkanes) is 1. The Balaban J connectivity index is 2.03. The van der Waals surface area contributed by atoms with Crippen molar-refractivity contribution in [2.24, 2.45) is 11.5 Å². The Labute approximate surface area is 224 Å². The van der Waals surface area contributed by atoms with E-state index in [1.165, 1.54) is 0 Å². The molecule has 0 aliphatic rings. The molecule has 4 unspecified atom stereocenters. The summed E-state index contributed by atoms with van der Waals surface area (Å²) in [4.78, 5) is 64.1. The van der Waals surface area contributed by atoms with Crippen LogP contribution in [0.1, 0.15) is 31.2 Å². The van der Waals surface area contributed by atoms with Gasteiger partial charge in [0.25, 0.3) is 0 Å². The number of aliphatic carboxylic acids is 2. The summed E-state index contributed by atoms with van der Waals surface area (Å²) in [5, 5.41) is 26.5. The van der Waals surface area contributed by atoms with Gasteiger partial charge in [-0.05, 0) is 43.9 Å². The van der Waals surface area contributed by atoms with Crippen molar-refractivity contribution in [2.75, 3.05) is 12.3 Å². The van der Waals surface area contributed by atoms with E-state index in [0.29, 0.717) is 19.4 Å². The van der Waals surface area contributed by atoms with Crippen molar-refractivity contribution in [1.82, 2.24) is 20.9 Å². The Bertz CT molecular complexity index is 1140. The number of H-pyrrole nitrogens is 1. The molecule has 0 spiro atoms. The quantitative estimate of drug-likeness (QED) is 0.0931. The Morgan fingerprint density at radius 3 is 2.18 bits per heavy atom. The fraction of sp³-hybridized carbons (Fsp3) is 0.458. The van der Waals surface area contributed by atoms with Crippen molar-refractivity contribution in [1.29, 1.82) is 0 Å². The van der Waals surface area contributed by atoms with Crippen LogP contribution < -0.4 is 27.4 Å². The molecule has 0 fully saturated rings. The molecule has 2 aromatic rings. The second-order valence-electron chi connectivity index (χ2n) is 8.76. The van der Waals surface area contributed by atoms with Crippen molar-refractivity contribution in [3.05, 3.63) is 36.0 Å². The number of nitrogens with one attached hydrogen (secondary N) is 4. The Hall–Kier alpha value is -3.62. The van der Waals surface area contributed by atoms with Gasteiger partial charge in [0.1, 0.15) is 18.1 Å². The predicted molar refractivity (Wildman–Crippen MR) is 142 cm³/mol. The normalized spacial score (nSPS) is 14.2. The minimum Gasteiger partial charge on any atom is -0.481 e. The third kappa shape index (κ3) is 9.04. The largest absolute Gasteiger partial charge is 0.481 e. The number of hydrogen-bond donors (Lipinski definition) is 9. The molecular weight excluding hydrogens is 516 g/mol. The highest BCUT2D eigenvalue weighted by molar-refractivity contribution is 7.80. The van der Waals surface area contributed by atoms with E-state index >= 15 is 0 Å². The zero-order chi connectivity index (χ0) is 28.2. The van der Waals surface area contributed by atoms with Gasteiger partial charge >= 0.3 is 11.9 Å². The molecule has 4 atom stereocenters. The monoisotopic (exact) mass is 550 g/mol. The number of carbonyl (C=O) groups excluding carboxylic acids is 3. The van der Waals surface area contributed by atoms with E-state index in [2.05, 4.69) is 33.6 Å². The molecule has 3 amide bonds. The molecule has 14 heteroatoms. The van der Waals surface area contributed by atoms with E-state index in [1.807, 2.05) is 24.3 Å². The number of benzene rings is 1. The third-order valence-electron chi connectivity index (χ3n) is 5.84. The number of nitrogens with two attached hydrogens (primary N) is 2. The first-order valence-electron chi connectivity index (χ1n) is 12.0. The molecule has 1 heterocycles. The second-order valence-corrected chi connectivity index (χ2v) is 9.12. The van der Waals surface area contributed by atoms with E-state index in [1.54, 1.807) is 6.20 Å². The van der Waals surface area contributed by atoms with Crippen LogP contribution in [0, 0.1) is 0 Å². The number of aromatic amines is 1. The molecule has 1 aromatic heterocycles. The number of carbonyl (C=O) groups is 5. The smallest absolute Gasteiger partial charge is 0.326 e. The topological polar surface area (TPSA) is 230 Å². The average molecular weight is 551 g/mol. The van der Waals surface area contributed by atoms with Gasteiger partial charge in [-0.2, -0.15) is 12.6 Å². The summed E-state index contributed by atoms with van der Waals surface area (Å²) >= 11 is 4.08. The lowest BCUT2D eigenvalue weighted by Crippen LogP contribution is -2.58. The maximum absolute atomic E-state index is 12.8. The molecule has 208 valence electrons. The fourth-order valence-electron chi connectivity index (χ4n) is 3.78. The summed E-state index contributed by atoms with van der Waals surface area (Å²) in [7, 11) is 0. The van der Waals surface area contributed by atoms with Gasteiger partial charge in [-0.1, -0.05) is 18.2 Å². The van der Waals surface area contributed by atoms with Crippen LogP contribution in [-0.4, -0.2) is 81.3 Å². The Morgan fingerprint density at radius 2 is 1.55 bits per heavy atom. The van der Waals surface area contributed by atoms with E-state index < -0.39 is 60.2 Å². The number of hydrogen-bond acceptors (Lipinski definition) is 8. The number of carboxylic acids is 2. The molecule has 0 aliphatic heterocycles. The number of thiol groups is 1. The van der Waals surface area contributed by atoms with Gasteiger partial charge in [0, 0.05) is 22.9 Å². The van der Waals surface area contributed by atoms with Crippen LogP contribution in [0.25, 0.3) is 10.9 Å². The zero-order valence-corrected chi connectivity index (χ0v) is 21.6. The predicted octanol–water partition coefficient (Wildman–Crippen LogP) is -0.890. The molecule has 0 bridgehead atoms. The molecule has 13 nitrogen and oxygen atoms in total. The van der Waals surface area contributed by atoms with Crippen LogP contribution >= 0.6 is 12.6 Å². The first-order chi connectivity index (χ1) is 18.1. The van der Waals surface area contributed by atoms with Crippen molar-refractivity contribution >= 4 is 53.2 Å². The zero-order valence-electron chi connectivity index (χ0n) is 20.7. The van der Waals surface area contributed by atoms with E-state index in [-0.39, 0.29) is 18.6 Å². The highest BCUT2D eigenvalue weighted by Gasteiger charge is 2.31. The molecule has 1 aromatic carbocycles. The lowest BCUT2D eigenvalue weighted by atomic mass is 10.0. The van der Waals surface area contributed by atoms with Gasteiger partial charge in [-0.15, -0.1) is 0 Å². The standard InChI is InChI=1S/C24H34N6O7S/c25-8-4-3-7-17(24(36)37)28-22(34)18(10-20(31)32)29-23(35)19(12-38)30-21(33)15(26)9-13-11-27-16-6-2-1-5-14(13)16/h1-2,5-6,11,15,17-19,27,38H,3-4,7-10,12,25-26H2,(H,28,34)(H,29,35)(H,30,33)(H,31,32)(H,36,37). The first-order valence-corrected chi connectivity index (χ1v) is 12.7. The maximum atomic E-state index is 12.8. The highest BCUT2D eigenvalue weighted by atomic mass is 32.1. The SMILES string of the molecule is NCCCCC(NC(=O)C(CC(=O)O)NC(=O)C(CS)NC(=O)C(N)Cc1c[nH]c2ccccc12)C(=O)O. The number of aromatic nitrogens is 1. The number of fused-ring (bicyclic) bond motifs is 1. The Morgan fingerprint density at radius 1 is 0.921 bits per heavy atom. The summed E-state index contributed by atoms with van der Waals surface area (Å²) in [6.45, 7) is 0.347. The van der Waals surface area contributed by atoms with Gasteiger partial charge in [0.15, 0.2) is 0 Å².